The second-order valence-corrected chi connectivity index (χ2v) is 4.41. The summed E-state index contributed by atoms with van der Waals surface area (Å²) in [5.74, 6) is -1.53. The second-order valence-electron chi connectivity index (χ2n) is 3.55. The van der Waals surface area contributed by atoms with Crippen LogP contribution in [0.1, 0.15) is 25.9 Å². The first-order chi connectivity index (χ1) is 8.56. The van der Waals surface area contributed by atoms with Crippen LogP contribution in [0.15, 0.2) is 17.8 Å². The molecule has 0 bridgehead atoms. The van der Waals surface area contributed by atoms with Crippen molar-refractivity contribution in [3.8, 4) is 0 Å². The summed E-state index contributed by atoms with van der Waals surface area (Å²) in [5, 5.41) is 16.8. The number of hydrogen-bond donors (Lipinski definition) is 2. The number of aromatic nitrogens is 3. The van der Waals surface area contributed by atoms with E-state index in [1.54, 1.807) is 24.1 Å². The Labute approximate surface area is 106 Å². The van der Waals surface area contributed by atoms with E-state index in [2.05, 4.69) is 15.4 Å². The van der Waals surface area contributed by atoms with E-state index in [1.807, 2.05) is 0 Å². The minimum atomic E-state index is -1.14. The number of carboxylic acid groups (broad SMARTS) is 1. The molecular weight excluding hydrogens is 256 g/mol. The van der Waals surface area contributed by atoms with Crippen LogP contribution in [-0.4, -0.2) is 31.7 Å². The first-order valence-electron chi connectivity index (χ1n) is 5.01. The van der Waals surface area contributed by atoms with Gasteiger partial charge in [-0.3, -0.25) is 9.48 Å². The Morgan fingerprint density at radius 3 is 2.89 bits per heavy atom. The molecule has 2 heterocycles. The molecule has 94 valence electrons. The summed E-state index contributed by atoms with van der Waals surface area (Å²) in [6.45, 7) is 0.328. The minimum Gasteiger partial charge on any atom is -0.476 e. The molecule has 8 heteroatoms. The summed E-state index contributed by atoms with van der Waals surface area (Å²) in [6, 6.07) is 0. The van der Waals surface area contributed by atoms with E-state index in [-0.39, 0.29) is 10.7 Å². The second kappa shape index (κ2) is 4.96. The van der Waals surface area contributed by atoms with Crippen LogP contribution < -0.4 is 5.32 Å². The quantitative estimate of drug-likeness (QED) is 0.840. The molecule has 2 N–H and O–H groups in total. The first kappa shape index (κ1) is 12.2. The van der Waals surface area contributed by atoms with Gasteiger partial charge in [0.15, 0.2) is 10.7 Å². The van der Waals surface area contributed by atoms with Crippen molar-refractivity contribution in [2.45, 2.75) is 6.54 Å². The average Bonchev–Trinajstić information content (AvgIpc) is 2.94. The summed E-state index contributed by atoms with van der Waals surface area (Å²) >= 11 is 1.00. The van der Waals surface area contributed by atoms with Gasteiger partial charge in [-0.05, 0) is 0 Å². The lowest BCUT2D eigenvalue weighted by atomic mass is 10.3. The maximum absolute atomic E-state index is 11.7. The van der Waals surface area contributed by atoms with E-state index >= 15 is 0 Å². The van der Waals surface area contributed by atoms with Crippen molar-refractivity contribution in [1.82, 2.24) is 20.1 Å². The lowest BCUT2D eigenvalue weighted by Gasteiger charge is -1.99. The number of aryl methyl sites for hydroxylation is 1. The van der Waals surface area contributed by atoms with Gasteiger partial charge >= 0.3 is 5.97 Å². The third-order valence-electron chi connectivity index (χ3n) is 2.13. The zero-order chi connectivity index (χ0) is 13.1. The fourth-order valence-electron chi connectivity index (χ4n) is 1.30. The molecule has 0 atom stereocenters. The molecule has 0 spiro atoms. The third-order valence-corrected chi connectivity index (χ3v) is 2.97. The fraction of sp³-hybridized carbons (Fsp3) is 0.200. The Hall–Kier alpha value is -2.22. The molecule has 0 aliphatic carbocycles. The fourth-order valence-corrected chi connectivity index (χ4v) is 2.00. The highest BCUT2D eigenvalue weighted by Gasteiger charge is 2.14. The van der Waals surface area contributed by atoms with E-state index in [4.69, 9.17) is 5.11 Å². The highest BCUT2D eigenvalue weighted by atomic mass is 32.1. The molecule has 7 nitrogen and oxygen atoms in total. The van der Waals surface area contributed by atoms with Crippen LogP contribution in [0.5, 0.6) is 0 Å². The molecule has 0 aliphatic heterocycles. The molecule has 2 aromatic rings. The van der Waals surface area contributed by atoms with Gasteiger partial charge in [0, 0.05) is 30.7 Å². The van der Waals surface area contributed by atoms with Crippen LogP contribution in [0.3, 0.4) is 0 Å². The molecule has 1 amide bonds. The molecule has 18 heavy (non-hydrogen) atoms. The van der Waals surface area contributed by atoms with Crippen LogP contribution in [0.2, 0.25) is 0 Å². The van der Waals surface area contributed by atoms with Crippen LogP contribution in [0.25, 0.3) is 0 Å². The lowest BCUT2D eigenvalue weighted by molar-refractivity contribution is 0.0691. The summed E-state index contributed by atoms with van der Waals surface area (Å²) in [6.07, 6.45) is 3.43. The van der Waals surface area contributed by atoms with Crippen LogP contribution in [0.4, 0.5) is 0 Å². The molecule has 2 rings (SSSR count). The van der Waals surface area contributed by atoms with Gasteiger partial charge in [0.2, 0.25) is 0 Å². The van der Waals surface area contributed by atoms with Crippen molar-refractivity contribution >= 4 is 23.2 Å². The van der Waals surface area contributed by atoms with Gasteiger partial charge < -0.3 is 10.4 Å². The number of carbonyl (C=O) groups excluding carboxylic acids is 1. The number of rotatable bonds is 4. The highest BCUT2D eigenvalue weighted by molar-refractivity contribution is 7.11. The molecular formula is C10H10N4O3S. The number of amides is 1. The SMILES string of the molecule is Cn1cc(CNC(=O)c2nc(C(=O)O)cs2)cn1. The van der Waals surface area contributed by atoms with Crippen molar-refractivity contribution in [3.05, 3.63) is 34.0 Å². The zero-order valence-corrected chi connectivity index (χ0v) is 10.3. The molecule has 0 fully saturated rings. The van der Waals surface area contributed by atoms with Crippen molar-refractivity contribution < 1.29 is 14.7 Å². The lowest BCUT2D eigenvalue weighted by Crippen LogP contribution is -2.22. The summed E-state index contributed by atoms with van der Waals surface area (Å²) in [7, 11) is 1.78. The third kappa shape index (κ3) is 2.72. The number of thiazole rings is 1. The smallest absolute Gasteiger partial charge is 0.355 e. The van der Waals surface area contributed by atoms with Crippen molar-refractivity contribution in [2.24, 2.45) is 7.05 Å². The molecule has 0 saturated heterocycles. The number of nitrogens with zero attached hydrogens (tertiary/aromatic N) is 3. The van der Waals surface area contributed by atoms with Gasteiger partial charge in [0.05, 0.1) is 6.20 Å². The normalized spacial score (nSPS) is 10.3. The molecule has 0 saturated carbocycles. The molecule has 0 unspecified atom stereocenters. The monoisotopic (exact) mass is 266 g/mol. The Kier molecular flexibility index (Phi) is 3.38. The first-order valence-corrected chi connectivity index (χ1v) is 5.89. The molecule has 2 aromatic heterocycles. The summed E-state index contributed by atoms with van der Waals surface area (Å²) < 4.78 is 1.63. The van der Waals surface area contributed by atoms with Crippen molar-refractivity contribution in [3.63, 3.8) is 0 Å². The predicted molar refractivity (Wildman–Crippen MR) is 63.5 cm³/mol. The number of carboxylic acids is 1. The van der Waals surface area contributed by atoms with E-state index in [1.165, 1.54) is 5.38 Å². The highest BCUT2D eigenvalue weighted by Crippen LogP contribution is 2.09. The summed E-state index contributed by atoms with van der Waals surface area (Å²) in [4.78, 5) is 26.0. The summed E-state index contributed by atoms with van der Waals surface area (Å²) in [5.41, 5.74) is 0.743. The van der Waals surface area contributed by atoms with Gasteiger partial charge in [-0.15, -0.1) is 11.3 Å². The maximum Gasteiger partial charge on any atom is 0.355 e. The van der Waals surface area contributed by atoms with Crippen molar-refractivity contribution in [1.29, 1.82) is 0 Å². The number of aromatic carboxylic acids is 1. The van der Waals surface area contributed by atoms with E-state index in [0.29, 0.717) is 6.54 Å². The number of nitrogens with one attached hydrogen (secondary N) is 1. The van der Waals surface area contributed by atoms with Crippen LogP contribution in [0, 0.1) is 0 Å². The molecule has 0 aliphatic rings. The Morgan fingerprint density at radius 1 is 1.56 bits per heavy atom. The topological polar surface area (TPSA) is 97.1 Å². The Morgan fingerprint density at radius 2 is 2.33 bits per heavy atom. The molecule has 0 radical (unpaired) electrons. The standard InChI is InChI=1S/C10H10N4O3S/c1-14-4-6(3-12-14)2-11-8(15)9-13-7(5-18-9)10(16)17/h3-5H,2H2,1H3,(H,11,15)(H,16,17). The van der Waals surface area contributed by atoms with Crippen LogP contribution >= 0.6 is 11.3 Å². The van der Waals surface area contributed by atoms with E-state index in [0.717, 1.165) is 16.9 Å². The van der Waals surface area contributed by atoms with E-state index in [9.17, 15) is 9.59 Å². The maximum atomic E-state index is 11.7. The predicted octanol–water partition coefficient (Wildman–Crippen LogP) is 0.505. The van der Waals surface area contributed by atoms with Gasteiger partial charge in [-0.1, -0.05) is 0 Å². The average molecular weight is 266 g/mol. The minimum absolute atomic E-state index is 0.119. The van der Waals surface area contributed by atoms with Crippen LogP contribution in [-0.2, 0) is 13.6 Å². The van der Waals surface area contributed by atoms with Gasteiger partial charge in [-0.25, -0.2) is 9.78 Å². The van der Waals surface area contributed by atoms with Gasteiger partial charge in [0.1, 0.15) is 0 Å². The van der Waals surface area contributed by atoms with Crippen molar-refractivity contribution in [2.75, 3.05) is 0 Å². The largest absolute Gasteiger partial charge is 0.476 e. The number of carbonyl (C=O) groups is 2. The zero-order valence-electron chi connectivity index (χ0n) is 9.45. The molecule has 0 aromatic carbocycles. The Balaban J connectivity index is 1.97. The van der Waals surface area contributed by atoms with E-state index < -0.39 is 11.9 Å². The van der Waals surface area contributed by atoms with Gasteiger partial charge in [-0.2, -0.15) is 5.10 Å². The number of hydrogen-bond acceptors (Lipinski definition) is 5. The Bertz CT molecular complexity index is 589. The van der Waals surface area contributed by atoms with Gasteiger partial charge in [0.25, 0.3) is 5.91 Å².